The maximum atomic E-state index is 13.3. The van der Waals surface area contributed by atoms with Crippen molar-refractivity contribution in [2.45, 2.75) is 6.61 Å². The van der Waals surface area contributed by atoms with Crippen molar-refractivity contribution in [1.29, 1.82) is 5.26 Å². The van der Waals surface area contributed by atoms with E-state index < -0.39 is 11.8 Å². The topological polar surface area (TPSA) is 70.3 Å². The molecule has 0 heterocycles. The molecule has 2 rings (SSSR count). The molecule has 0 unspecified atom stereocenters. The number of hydrogen-bond donors (Lipinski definition) is 1. The number of carboxylic acid groups (broad SMARTS) is 1. The molecule has 0 amide bonds. The number of halogens is 2. The number of nitriles is 1. The molecule has 0 aromatic heterocycles. The Morgan fingerprint density at radius 1 is 1.38 bits per heavy atom. The average Bonchev–Trinajstić information content (AvgIpc) is 2.45. The Hall–Kier alpha value is -2.58. The highest BCUT2D eigenvalue weighted by molar-refractivity contribution is 6.32. The van der Waals surface area contributed by atoms with Gasteiger partial charge in [-0.25, -0.2) is 9.18 Å². The molecule has 0 atom stereocenters. The summed E-state index contributed by atoms with van der Waals surface area (Å²) < 4.78 is 18.7. The minimum atomic E-state index is -1.18. The first-order valence-corrected chi connectivity index (χ1v) is 6.23. The fourth-order valence-corrected chi connectivity index (χ4v) is 2.01. The number of benzene rings is 2. The van der Waals surface area contributed by atoms with Gasteiger partial charge in [-0.1, -0.05) is 17.7 Å². The Labute approximate surface area is 125 Å². The van der Waals surface area contributed by atoms with E-state index in [1.54, 1.807) is 0 Å². The fraction of sp³-hybridized carbons (Fsp3) is 0.0667. The van der Waals surface area contributed by atoms with E-state index in [0.717, 1.165) is 6.07 Å². The van der Waals surface area contributed by atoms with Crippen molar-refractivity contribution in [3.63, 3.8) is 0 Å². The number of para-hydroxylation sites is 1. The molecule has 0 aliphatic rings. The van der Waals surface area contributed by atoms with Gasteiger partial charge in [0, 0.05) is 0 Å². The van der Waals surface area contributed by atoms with E-state index in [0.29, 0.717) is 5.56 Å². The van der Waals surface area contributed by atoms with Gasteiger partial charge in [-0.05, 0) is 35.9 Å². The van der Waals surface area contributed by atoms with Crippen molar-refractivity contribution in [2.24, 2.45) is 0 Å². The molecule has 0 fully saturated rings. The Balaban J connectivity index is 2.27. The highest BCUT2D eigenvalue weighted by atomic mass is 35.5. The first-order valence-electron chi connectivity index (χ1n) is 5.85. The smallest absolute Gasteiger partial charge is 0.339 e. The lowest BCUT2D eigenvalue weighted by Gasteiger charge is -2.11. The number of carboxylic acids is 1. The van der Waals surface area contributed by atoms with Crippen molar-refractivity contribution in [2.75, 3.05) is 0 Å². The highest BCUT2D eigenvalue weighted by Crippen LogP contribution is 2.29. The minimum Gasteiger partial charge on any atom is -0.486 e. The van der Waals surface area contributed by atoms with Crippen molar-refractivity contribution >= 4 is 17.6 Å². The van der Waals surface area contributed by atoms with E-state index in [1.807, 2.05) is 6.07 Å². The lowest BCUT2D eigenvalue weighted by Crippen LogP contribution is -2.04. The minimum absolute atomic E-state index is 0.00874. The molecule has 1 N–H and O–H groups in total. The van der Waals surface area contributed by atoms with E-state index in [9.17, 15) is 9.18 Å². The van der Waals surface area contributed by atoms with Gasteiger partial charge in [0.2, 0.25) is 0 Å². The molecule has 0 radical (unpaired) electrons. The predicted molar refractivity (Wildman–Crippen MR) is 73.9 cm³/mol. The zero-order chi connectivity index (χ0) is 15.4. The third kappa shape index (κ3) is 3.50. The quantitative estimate of drug-likeness (QED) is 0.936. The van der Waals surface area contributed by atoms with Gasteiger partial charge < -0.3 is 9.84 Å². The molecule has 0 bridgehead atoms. The van der Waals surface area contributed by atoms with Crippen LogP contribution in [-0.4, -0.2) is 11.1 Å². The second kappa shape index (κ2) is 6.25. The zero-order valence-corrected chi connectivity index (χ0v) is 11.4. The van der Waals surface area contributed by atoms with Crippen molar-refractivity contribution < 1.29 is 19.0 Å². The van der Waals surface area contributed by atoms with E-state index >= 15 is 0 Å². The highest BCUT2D eigenvalue weighted by Gasteiger charge is 2.14. The second-order valence-electron chi connectivity index (χ2n) is 4.17. The van der Waals surface area contributed by atoms with E-state index in [4.69, 9.17) is 26.7 Å². The van der Waals surface area contributed by atoms with E-state index in [2.05, 4.69) is 0 Å². The van der Waals surface area contributed by atoms with Crippen LogP contribution in [0.15, 0.2) is 36.4 Å². The predicted octanol–water partition coefficient (Wildman–Crippen LogP) is 3.63. The van der Waals surface area contributed by atoms with Crippen molar-refractivity contribution in [3.8, 4) is 11.8 Å². The van der Waals surface area contributed by atoms with E-state index in [1.165, 1.54) is 30.3 Å². The van der Waals surface area contributed by atoms with Crippen LogP contribution in [0.4, 0.5) is 4.39 Å². The Morgan fingerprint density at radius 3 is 2.81 bits per heavy atom. The van der Waals surface area contributed by atoms with Gasteiger partial charge in [0.1, 0.15) is 18.0 Å². The van der Waals surface area contributed by atoms with Crippen LogP contribution in [0.2, 0.25) is 5.02 Å². The number of nitrogens with zero attached hydrogens (tertiary/aromatic N) is 1. The summed E-state index contributed by atoms with van der Waals surface area (Å²) in [6.45, 7) is -0.101. The SMILES string of the molecule is N#Cc1cc(F)cc(COc2c(Cl)cccc2C(=O)O)c1. The van der Waals surface area contributed by atoms with Crippen LogP contribution in [0, 0.1) is 17.1 Å². The average molecular weight is 306 g/mol. The third-order valence-corrected chi connectivity index (χ3v) is 2.96. The molecule has 6 heteroatoms. The second-order valence-corrected chi connectivity index (χ2v) is 4.58. The normalized spacial score (nSPS) is 9.95. The van der Waals surface area contributed by atoms with Crippen LogP contribution in [0.3, 0.4) is 0 Å². The molecule has 21 heavy (non-hydrogen) atoms. The third-order valence-electron chi connectivity index (χ3n) is 2.67. The molecular formula is C15H9ClFNO3. The monoisotopic (exact) mass is 305 g/mol. The number of aromatic carboxylic acids is 1. The summed E-state index contributed by atoms with van der Waals surface area (Å²) in [6, 6.07) is 9.94. The molecule has 106 valence electrons. The van der Waals surface area contributed by atoms with Crippen LogP contribution >= 0.6 is 11.6 Å². The summed E-state index contributed by atoms with van der Waals surface area (Å²) in [5, 5.41) is 18.0. The van der Waals surface area contributed by atoms with Crippen LogP contribution in [0.1, 0.15) is 21.5 Å². The van der Waals surface area contributed by atoms with Gasteiger partial charge in [-0.3, -0.25) is 0 Å². The van der Waals surface area contributed by atoms with E-state index in [-0.39, 0.29) is 28.5 Å². The molecular weight excluding hydrogens is 297 g/mol. The first kappa shape index (κ1) is 14.8. The Morgan fingerprint density at radius 2 is 2.14 bits per heavy atom. The van der Waals surface area contributed by atoms with Gasteiger partial charge >= 0.3 is 5.97 Å². The molecule has 4 nitrogen and oxygen atoms in total. The lowest BCUT2D eigenvalue weighted by atomic mass is 10.1. The summed E-state index contributed by atoms with van der Waals surface area (Å²) in [4.78, 5) is 11.1. The molecule has 2 aromatic carbocycles. The molecule has 0 saturated carbocycles. The molecule has 0 aliphatic heterocycles. The Kier molecular flexibility index (Phi) is 4.41. The summed E-state index contributed by atoms with van der Waals surface area (Å²) in [7, 11) is 0. The van der Waals surface area contributed by atoms with Crippen molar-refractivity contribution in [3.05, 3.63) is 63.9 Å². The lowest BCUT2D eigenvalue weighted by molar-refractivity contribution is 0.0691. The maximum absolute atomic E-state index is 13.3. The number of rotatable bonds is 4. The maximum Gasteiger partial charge on any atom is 0.339 e. The fourth-order valence-electron chi connectivity index (χ4n) is 1.78. The number of hydrogen-bond acceptors (Lipinski definition) is 3. The number of ether oxygens (including phenoxy) is 1. The summed E-state index contributed by atoms with van der Waals surface area (Å²) in [5.41, 5.74) is 0.480. The van der Waals surface area contributed by atoms with Gasteiger partial charge in [-0.2, -0.15) is 5.26 Å². The first-order chi connectivity index (χ1) is 10.0. The summed E-state index contributed by atoms with van der Waals surface area (Å²) in [6.07, 6.45) is 0. The van der Waals surface area contributed by atoms with Gasteiger partial charge in [-0.15, -0.1) is 0 Å². The Bertz CT molecular complexity index is 740. The largest absolute Gasteiger partial charge is 0.486 e. The standard InChI is InChI=1S/C15H9ClFNO3/c16-13-3-1-2-12(15(19)20)14(13)21-8-10-4-9(7-18)5-11(17)6-10/h1-6H,8H2,(H,19,20). The van der Waals surface area contributed by atoms with Crippen LogP contribution in [0.5, 0.6) is 5.75 Å². The van der Waals surface area contributed by atoms with Crippen LogP contribution in [0.25, 0.3) is 0 Å². The summed E-state index contributed by atoms with van der Waals surface area (Å²) >= 11 is 5.91. The van der Waals surface area contributed by atoms with Crippen LogP contribution in [-0.2, 0) is 6.61 Å². The van der Waals surface area contributed by atoms with Crippen molar-refractivity contribution in [1.82, 2.24) is 0 Å². The molecule has 0 saturated heterocycles. The summed E-state index contributed by atoms with van der Waals surface area (Å²) in [5.74, 6) is -1.73. The number of carbonyl (C=O) groups is 1. The van der Waals surface area contributed by atoms with Crippen LogP contribution < -0.4 is 4.74 Å². The van der Waals surface area contributed by atoms with Gasteiger partial charge in [0.05, 0.1) is 16.7 Å². The van der Waals surface area contributed by atoms with Gasteiger partial charge in [0.15, 0.2) is 5.75 Å². The molecule has 0 aliphatic carbocycles. The van der Waals surface area contributed by atoms with Gasteiger partial charge in [0.25, 0.3) is 0 Å². The zero-order valence-electron chi connectivity index (χ0n) is 10.6. The molecule has 2 aromatic rings. The molecule has 0 spiro atoms.